The minimum atomic E-state index is -0.627. The van der Waals surface area contributed by atoms with Gasteiger partial charge in [0.2, 0.25) is 0 Å². The van der Waals surface area contributed by atoms with Crippen LogP contribution in [0.3, 0.4) is 0 Å². The third-order valence-electron chi connectivity index (χ3n) is 0.655. The van der Waals surface area contributed by atoms with Gasteiger partial charge in [0.05, 0.1) is 12.5 Å². The van der Waals surface area contributed by atoms with E-state index >= 15 is 0 Å². The summed E-state index contributed by atoms with van der Waals surface area (Å²) in [6.45, 7) is 5.88. The van der Waals surface area contributed by atoms with Crippen LogP contribution in [0.15, 0.2) is 49.5 Å². The molecular formula is C8H8F2O. The molecule has 0 aromatic heterocycles. The van der Waals surface area contributed by atoms with Crippen LogP contribution in [-0.2, 0) is 4.74 Å². The van der Waals surface area contributed by atoms with Gasteiger partial charge in [0.15, 0.2) is 0 Å². The van der Waals surface area contributed by atoms with Gasteiger partial charge in [0.1, 0.15) is 11.7 Å². The van der Waals surface area contributed by atoms with Crippen molar-refractivity contribution in [3.05, 3.63) is 49.5 Å². The average molecular weight is 158 g/mol. The van der Waals surface area contributed by atoms with Gasteiger partial charge >= 0.3 is 0 Å². The van der Waals surface area contributed by atoms with Crippen molar-refractivity contribution in [2.24, 2.45) is 0 Å². The molecule has 0 aromatic rings. The molecule has 0 saturated heterocycles. The molecule has 0 spiro atoms. The van der Waals surface area contributed by atoms with Crippen molar-refractivity contribution in [1.82, 2.24) is 0 Å². The standard InChI is InChI=1S/C8H8F2O/c1-7(9)3-5-11-6-4-8(2)10/h3-6H,1-2H2. The Morgan fingerprint density at radius 2 is 1.36 bits per heavy atom. The van der Waals surface area contributed by atoms with E-state index in [1.54, 1.807) is 0 Å². The maximum atomic E-state index is 11.8. The molecule has 0 radical (unpaired) electrons. The van der Waals surface area contributed by atoms with Crippen LogP contribution in [0.1, 0.15) is 0 Å². The van der Waals surface area contributed by atoms with Crippen molar-refractivity contribution < 1.29 is 13.5 Å². The first-order valence-corrected chi connectivity index (χ1v) is 2.80. The van der Waals surface area contributed by atoms with Crippen molar-refractivity contribution >= 4 is 0 Å². The second-order valence-corrected chi connectivity index (χ2v) is 1.64. The van der Waals surface area contributed by atoms with Crippen LogP contribution in [0.25, 0.3) is 0 Å². The van der Waals surface area contributed by atoms with Crippen molar-refractivity contribution in [3.63, 3.8) is 0 Å². The van der Waals surface area contributed by atoms with Gasteiger partial charge in [-0.3, -0.25) is 0 Å². The quantitative estimate of drug-likeness (QED) is 0.451. The topological polar surface area (TPSA) is 9.23 Å². The minimum Gasteiger partial charge on any atom is -0.472 e. The fourth-order valence-corrected chi connectivity index (χ4v) is 0.272. The van der Waals surface area contributed by atoms with Gasteiger partial charge in [-0.05, 0) is 0 Å². The molecule has 0 N–H and O–H groups in total. The summed E-state index contributed by atoms with van der Waals surface area (Å²) < 4.78 is 28.1. The van der Waals surface area contributed by atoms with Crippen LogP contribution in [-0.4, -0.2) is 0 Å². The van der Waals surface area contributed by atoms with Gasteiger partial charge in [0, 0.05) is 12.2 Å². The summed E-state index contributed by atoms with van der Waals surface area (Å²) in [7, 11) is 0. The van der Waals surface area contributed by atoms with Gasteiger partial charge in [-0.1, -0.05) is 13.2 Å². The highest BCUT2D eigenvalue weighted by molar-refractivity contribution is 5.05. The fourth-order valence-electron chi connectivity index (χ4n) is 0.272. The molecule has 0 fully saturated rings. The molecule has 0 aliphatic carbocycles. The Hall–Kier alpha value is -1.38. The molecule has 3 heteroatoms. The van der Waals surface area contributed by atoms with Gasteiger partial charge in [0.25, 0.3) is 0 Å². The smallest absolute Gasteiger partial charge is 0.119 e. The highest BCUT2D eigenvalue weighted by Crippen LogP contribution is 1.95. The third-order valence-corrected chi connectivity index (χ3v) is 0.655. The molecule has 1 nitrogen and oxygen atoms in total. The molecule has 0 aromatic carbocycles. The van der Waals surface area contributed by atoms with Crippen LogP contribution in [0.5, 0.6) is 0 Å². The second kappa shape index (κ2) is 5.41. The summed E-state index contributed by atoms with van der Waals surface area (Å²) in [5, 5.41) is 0. The molecule has 0 rings (SSSR count). The number of hydrogen-bond donors (Lipinski definition) is 0. The van der Waals surface area contributed by atoms with Gasteiger partial charge < -0.3 is 4.74 Å². The summed E-state index contributed by atoms with van der Waals surface area (Å²) in [5.41, 5.74) is 0. The molecule has 0 unspecified atom stereocenters. The molecule has 0 aliphatic heterocycles. The number of ether oxygens (including phenoxy) is 1. The predicted octanol–water partition coefficient (Wildman–Crippen LogP) is 3.00. The highest BCUT2D eigenvalue weighted by Gasteiger charge is 1.78. The Kier molecular flexibility index (Phi) is 4.73. The number of hydrogen-bond acceptors (Lipinski definition) is 1. The summed E-state index contributed by atoms with van der Waals surface area (Å²) in [5.74, 6) is -1.25. The Morgan fingerprint density at radius 3 is 1.64 bits per heavy atom. The number of halogens is 2. The lowest BCUT2D eigenvalue weighted by molar-refractivity contribution is 0.399. The molecule has 0 amide bonds. The Bertz CT molecular complexity index is 182. The minimum absolute atomic E-state index is 0.627. The SMILES string of the molecule is C=C(F)C=COC=CC(=C)F. The number of allylic oxidation sites excluding steroid dienone is 4. The first-order chi connectivity index (χ1) is 5.13. The Labute approximate surface area is 64.0 Å². The van der Waals surface area contributed by atoms with E-state index in [2.05, 4.69) is 17.9 Å². The van der Waals surface area contributed by atoms with Crippen molar-refractivity contribution in [1.29, 1.82) is 0 Å². The monoisotopic (exact) mass is 158 g/mol. The normalized spacial score (nSPS) is 10.7. The predicted molar refractivity (Wildman–Crippen MR) is 39.9 cm³/mol. The molecule has 0 saturated carbocycles. The summed E-state index contributed by atoms with van der Waals surface area (Å²) in [6.07, 6.45) is 4.10. The van der Waals surface area contributed by atoms with E-state index in [9.17, 15) is 8.78 Å². The summed E-state index contributed by atoms with van der Waals surface area (Å²) in [4.78, 5) is 0. The zero-order chi connectivity index (χ0) is 8.69. The molecule has 0 aliphatic rings. The van der Waals surface area contributed by atoms with Crippen LogP contribution in [0.4, 0.5) is 8.78 Å². The summed E-state index contributed by atoms with van der Waals surface area (Å²) >= 11 is 0. The van der Waals surface area contributed by atoms with E-state index in [1.165, 1.54) is 0 Å². The number of rotatable bonds is 4. The third kappa shape index (κ3) is 8.62. The Balaban J connectivity index is 3.57. The average Bonchev–Trinajstić information content (AvgIpc) is 1.85. The van der Waals surface area contributed by atoms with E-state index in [0.29, 0.717) is 0 Å². The molecule has 60 valence electrons. The molecule has 0 bridgehead atoms. The van der Waals surface area contributed by atoms with E-state index < -0.39 is 11.7 Å². The van der Waals surface area contributed by atoms with Gasteiger partial charge in [-0.25, -0.2) is 8.78 Å². The largest absolute Gasteiger partial charge is 0.472 e. The highest BCUT2D eigenvalue weighted by atomic mass is 19.1. The fraction of sp³-hybridized carbons (Fsp3) is 0. The van der Waals surface area contributed by atoms with Gasteiger partial charge in [-0.15, -0.1) is 0 Å². The van der Waals surface area contributed by atoms with Crippen LogP contribution in [0, 0.1) is 0 Å². The van der Waals surface area contributed by atoms with Gasteiger partial charge in [-0.2, -0.15) is 0 Å². The maximum absolute atomic E-state index is 11.8. The second-order valence-electron chi connectivity index (χ2n) is 1.64. The lowest BCUT2D eigenvalue weighted by atomic mass is 10.6. The first kappa shape index (κ1) is 9.62. The van der Waals surface area contributed by atoms with Crippen molar-refractivity contribution in [2.75, 3.05) is 0 Å². The van der Waals surface area contributed by atoms with E-state index in [-0.39, 0.29) is 0 Å². The maximum Gasteiger partial charge on any atom is 0.119 e. The molecule has 0 atom stereocenters. The van der Waals surface area contributed by atoms with Crippen LogP contribution in [0.2, 0.25) is 0 Å². The summed E-state index contributed by atoms with van der Waals surface area (Å²) in [6, 6.07) is 0. The van der Waals surface area contributed by atoms with Crippen LogP contribution < -0.4 is 0 Å². The Morgan fingerprint density at radius 1 is 1.00 bits per heavy atom. The lowest BCUT2D eigenvalue weighted by Crippen LogP contribution is -1.66. The molecule has 11 heavy (non-hydrogen) atoms. The zero-order valence-corrected chi connectivity index (χ0v) is 5.89. The van der Waals surface area contributed by atoms with E-state index in [0.717, 1.165) is 24.7 Å². The first-order valence-electron chi connectivity index (χ1n) is 2.80. The zero-order valence-electron chi connectivity index (χ0n) is 5.89. The molecular weight excluding hydrogens is 150 g/mol. The van der Waals surface area contributed by atoms with Crippen LogP contribution >= 0.6 is 0 Å². The lowest BCUT2D eigenvalue weighted by Gasteiger charge is -1.86. The van der Waals surface area contributed by atoms with Crippen molar-refractivity contribution in [2.45, 2.75) is 0 Å². The molecule has 0 heterocycles. The van der Waals surface area contributed by atoms with E-state index in [4.69, 9.17) is 0 Å². The van der Waals surface area contributed by atoms with Crippen molar-refractivity contribution in [3.8, 4) is 0 Å². The van der Waals surface area contributed by atoms with E-state index in [1.807, 2.05) is 0 Å².